The molecule has 0 fully saturated rings. The highest BCUT2D eigenvalue weighted by Gasteiger charge is 2.04. The number of hydrogen-bond donors (Lipinski definition) is 1. The van der Waals surface area contributed by atoms with Gasteiger partial charge in [-0.2, -0.15) is 10.5 Å². The normalized spacial score (nSPS) is 8.81. The zero-order chi connectivity index (χ0) is 12.1. The molecule has 0 heterocycles. The number of nitriles is 2. The van der Waals surface area contributed by atoms with Crippen LogP contribution in [0.3, 0.4) is 0 Å². The molecule has 0 saturated heterocycles. The first kappa shape index (κ1) is 11.7. The van der Waals surface area contributed by atoms with Crippen LogP contribution in [0.15, 0.2) is 23.9 Å². The first-order chi connectivity index (χ1) is 7.60. The molecule has 4 heteroatoms. The lowest BCUT2D eigenvalue weighted by Gasteiger charge is -2.08. The van der Waals surface area contributed by atoms with E-state index in [0.717, 1.165) is 5.56 Å². The molecule has 80 valence electrons. The fourth-order valence-electron chi connectivity index (χ4n) is 1.18. The fraction of sp³-hybridized carbons (Fsp3) is 0.167. The summed E-state index contributed by atoms with van der Waals surface area (Å²) in [6.07, 6.45) is 1.31. The predicted octanol–water partition coefficient (Wildman–Crippen LogP) is 2.79. The van der Waals surface area contributed by atoms with Crippen molar-refractivity contribution in [3.05, 3.63) is 40.8 Å². The molecule has 1 aromatic rings. The second-order valence-electron chi connectivity index (χ2n) is 3.27. The lowest BCUT2D eigenvalue weighted by molar-refractivity contribution is 0.617. The van der Waals surface area contributed by atoms with E-state index in [1.807, 2.05) is 0 Å². The molecule has 0 bridgehead atoms. The zero-order valence-corrected chi connectivity index (χ0v) is 9.00. The minimum absolute atomic E-state index is 0.0265. The maximum absolute atomic E-state index is 13.1. The highest BCUT2D eigenvalue weighted by Crippen LogP contribution is 2.21. The number of nitrogens with zero attached hydrogens (tertiary/aromatic N) is 2. The van der Waals surface area contributed by atoms with Crippen LogP contribution in [-0.2, 0) is 0 Å². The summed E-state index contributed by atoms with van der Waals surface area (Å²) in [6, 6.07) is 6.38. The number of rotatable bonds is 2. The van der Waals surface area contributed by atoms with E-state index in [2.05, 4.69) is 5.32 Å². The van der Waals surface area contributed by atoms with Gasteiger partial charge >= 0.3 is 0 Å². The maximum Gasteiger partial charge on any atom is 0.145 e. The summed E-state index contributed by atoms with van der Waals surface area (Å²) in [5.74, 6) is -0.271. The van der Waals surface area contributed by atoms with Crippen molar-refractivity contribution in [3.63, 3.8) is 0 Å². The van der Waals surface area contributed by atoms with Gasteiger partial charge in [-0.25, -0.2) is 4.39 Å². The van der Waals surface area contributed by atoms with E-state index in [1.54, 1.807) is 32.1 Å². The lowest BCUT2D eigenvalue weighted by atomic mass is 10.1. The number of nitrogens with one attached hydrogen (secondary N) is 1. The quantitative estimate of drug-likeness (QED) is 0.771. The van der Waals surface area contributed by atoms with Gasteiger partial charge in [-0.3, -0.25) is 0 Å². The second kappa shape index (κ2) is 4.95. The van der Waals surface area contributed by atoms with Gasteiger partial charge in [-0.15, -0.1) is 0 Å². The molecule has 1 N–H and O–H groups in total. The van der Waals surface area contributed by atoms with Gasteiger partial charge in [0.05, 0.1) is 0 Å². The molecule has 0 amide bonds. The molecular formula is C12H10FN3. The Morgan fingerprint density at radius 2 is 1.88 bits per heavy atom. The van der Waals surface area contributed by atoms with Crippen molar-refractivity contribution in [1.29, 1.82) is 10.5 Å². The molecule has 0 saturated carbocycles. The van der Waals surface area contributed by atoms with Crippen molar-refractivity contribution < 1.29 is 4.39 Å². The number of allylic oxidation sites excluding steroid dienone is 1. The second-order valence-corrected chi connectivity index (χ2v) is 3.27. The van der Waals surface area contributed by atoms with E-state index in [0.29, 0.717) is 11.3 Å². The van der Waals surface area contributed by atoms with Gasteiger partial charge in [0.2, 0.25) is 0 Å². The van der Waals surface area contributed by atoms with Gasteiger partial charge in [-0.1, -0.05) is 0 Å². The minimum Gasteiger partial charge on any atom is -0.360 e. The molecule has 0 aliphatic rings. The standard InChI is InChI=1S/C12H10FN3/c1-8-9(2)12(4-3-11(8)13)16-7-10(5-14)6-15/h3-4,7,16H,1-2H3. The molecule has 0 aliphatic heterocycles. The van der Waals surface area contributed by atoms with Crippen molar-refractivity contribution >= 4 is 5.69 Å². The Kier molecular flexibility index (Phi) is 3.63. The number of halogens is 1. The summed E-state index contributed by atoms with van der Waals surface area (Å²) in [5, 5.41) is 19.9. The van der Waals surface area contributed by atoms with Crippen LogP contribution in [-0.4, -0.2) is 0 Å². The van der Waals surface area contributed by atoms with Crippen molar-refractivity contribution in [1.82, 2.24) is 0 Å². The molecule has 1 aromatic carbocycles. The molecule has 16 heavy (non-hydrogen) atoms. The summed E-state index contributed by atoms with van der Waals surface area (Å²) in [5.41, 5.74) is 1.96. The molecule has 0 atom stereocenters. The van der Waals surface area contributed by atoms with Gasteiger partial charge in [0.1, 0.15) is 23.5 Å². The largest absolute Gasteiger partial charge is 0.360 e. The lowest BCUT2D eigenvalue weighted by Crippen LogP contribution is -1.96. The van der Waals surface area contributed by atoms with Gasteiger partial charge < -0.3 is 5.32 Å². The Morgan fingerprint density at radius 1 is 1.25 bits per heavy atom. The van der Waals surface area contributed by atoms with E-state index in [-0.39, 0.29) is 11.4 Å². The van der Waals surface area contributed by atoms with Gasteiger partial charge in [-0.05, 0) is 37.1 Å². The predicted molar refractivity (Wildman–Crippen MR) is 58.8 cm³/mol. The molecule has 0 aliphatic carbocycles. The molecule has 0 radical (unpaired) electrons. The van der Waals surface area contributed by atoms with E-state index < -0.39 is 0 Å². The van der Waals surface area contributed by atoms with Crippen LogP contribution in [0.2, 0.25) is 0 Å². The van der Waals surface area contributed by atoms with E-state index in [4.69, 9.17) is 10.5 Å². The Labute approximate surface area is 93.4 Å². The number of anilines is 1. The Bertz CT molecular complexity index is 502. The minimum atomic E-state index is -0.271. The van der Waals surface area contributed by atoms with Crippen molar-refractivity contribution in [3.8, 4) is 12.1 Å². The van der Waals surface area contributed by atoms with Crippen LogP contribution < -0.4 is 5.32 Å². The summed E-state index contributed by atoms with van der Waals surface area (Å²) < 4.78 is 13.1. The third-order valence-corrected chi connectivity index (χ3v) is 2.33. The molecule has 3 nitrogen and oxygen atoms in total. The highest BCUT2D eigenvalue weighted by molar-refractivity contribution is 5.57. The van der Waals surface area contributed by atoms with E-state index in [1.165, 1.54) is 12.3 Å². The molecule has 1 rings (SSSR count). The zero-order valence-electron chi connectivity index (χ0n) is 9.00. The van der Waals surface area contributed by atoms with Gasteiger partial charge in [0.15, 0.2) is 0 Å². The topological polar surface area (TPSA) is 59.6 Å². The summed E-state index contributed by atoms with van der Waals surface area (Å²) in [4.78, 5) is 0. The van der Waals surface area contributed by atoms with E-state index >= 15 is 0 Å². The number of benzene rings is 1. The van der Waals surface area contributed by atoms with E-state index in [9.17, 15) is 4.39 Å². The van der Waals surface area contributed by atoms with Crippen LogP contribution in [0.25, 0.3) is 0 Å². The average Bonchev–Trinajstić information content (AvgIpc) is 2.30. The first-order valence-corrected chi connectivity index (χ1v) is 4.62. The van der Waals surface area contributed by atoms with Crippen LogP contribution in [0.1, 0.15) is 11.1 Å². The highest BCUT2D eigenvalue weighted by atomic mass is 19.1. The molecule has 0 aromatic heterocycles. The first-order valence-electron chi connectivity index (χ1n) is 4.62. The Balaban J connectivity index is 3.02. The van der Waals surface area contributed by atoms with Crippen LogP contribution >= 0.6 is 0 Å². The molecule has 0 spiro atoms. The summed E-state index contributed by atoms with van der Waals surface area (Å²) in [6.45, 7) is 3.45. The number of hydrogen-bond acceptors (Lipinski definition) is 3. The third-order valence-electron chi connectivity index (χ3n) is 2.33. The monoisotopic (exact) mass is 215 g/mol. The van der Waals surface area contributed by atoms with Crippen molar-refractivity contribution in [2.24, 2.45) is 0 Å². The van der Waals surface area contributed by atoms with Crippen LogP contribution in [0.4, 0.5) is 10.1 Å². The summed E-state index contributed by atoms with van der Waals surface area (Å²) in [7, 11) is 0. The Hall–Kier alpha value is -2.33. The van der Waals surface area contributed by atoms with Gasteiger partial charge in [0.25, 0.3) is 0 Å². The maximum atomic E-state index is 13.1. The average molecular weight is 215 g/mol. The smallest absolute Gasteiger partial charge is 0.145 e. The third kappa shape index (κ3) is 2.37. The molecular weight excluding hydrogens is 205 g/mol. The summed E-state index contributed by atoms with van der Waals surface area (Å²) >= 11 is 0. The van der Waals surface area contributed by atoms with Gasteiger partial charge in [0, 0.05) is 11.9 Å². The molecule has 0 unspecified atom stereocenters. The Morgan fingerprint density at radius 3 is 2.44 bits per heavy atom. The van der Waals surface area contributed by atoms with Crippen LogP contribution in [0, 0.1) is 42.3 Å². The SMILES string of the molecule is Cc1c(F)ccc(NC=C(C#N)C#N)c1C. The van der Waals surface area contributed by atoms with Crippen LogP contribution in [0.5, 0.6) is 0 Å². The van der Waals surface area contributed by atoms with Crippen molar-refractivity contribution in [2.45, 2.75) is 13.8 Å². The fourth-order valence-corrected chi connectivity index (χ4v) is 1.18. The van der Waals surface area contributed by atoms with Crippen molar-refractivity contribution in [2.75, 3.05) is 5.32 Å².